The fraction of sp³-hybridized carbons (Fsp3) is 0.0500. The highest BCUT2D eigenvalue weighted by molar-refractivity contribution is 9.10. The smallest absolute Gasteiger partial charge is 0.261 e. The minimum atomic E-state index is -3.90. The molecule has 1 amide bonds. The number of halogens is 1. The molecule has 0 fully saturated rings. The Morgan fingerprint density at radius 2 is 1.69 bits per heavy atom. The van der Waals surface area contributed by atoms with Gasteiger partial charge in [-0.3, -0.25) is 9.52 Å². The van der Waals surface area contributed by atoms with Crippen LogP contribution in [0.2, 0.25) is 0 Å². The van der Waals surface area contributed by atoms with Gasteiger partial charge in [0.05, 0.1) is 10.6 Å². The third-order valence-corrected chi connectivity index (χ3v) is 5.99. The van der Waals surface area contributed by atoms with Crippen molar-refractivity contribution in [1.29, 1.82) is 0 Å². The molecular formula is C20H15BrN2O5S. The molecule has 1 aliphatic rings. The zero-order chi connectivity index (χ0) is 20.4. The average Bonchev–Trinajstić information content (AvgIpc) is 3.15. The quantitative estimate of drug-likeness (QED) is 0.576. The number of fused-ring (bicyclic) bond motifs is 1. The summed E-state index contributed by atoms with van der Waals surface area (Å²) in [6, 6.07) is 17.7. The number of anilines is 2. The highest BCUT2D eigenvalue weighted by Crippen LogP contribution is 2.34. The maximum Gasteiger partial charge on any atom is 0.261 e. The first kappa shape index (κ1) is 19.3. The first-order chi connectivity index (χ1) is 13.9. The van der Waals surface area contributed by atoms with Crippen molar-refractivity contribution in [2.75, 3.05) is 16.8 Å². The Kier molecular flexibility index (Phi) is 5.16. The van der Waals surface area contributed by atoms with Crippen molar-refractivity contribution < 1.29 is 22.7 Å². The normalized spacial score (nSPS) is 12.4. The van der Waals surface area contributed by atoms with Crippen LogP contribution in [-0.4, -0.2) is 21.1 Å². The Labute approximate surface area is 175 Å². The van der Waals surface area contributed by atoms with E-state index in [9.17, 15) is 13.2 Å². The van der Waals surface area contributed by atoms with Crippen LogP contribution in [-0.2, 0) is 10.0 Å². The van der Waals surface area contributed by atoms with Crippen LogP contribution in [0, 0.1) is 0 Å². The molecule has 148 valence electrons. The van der Waals surface area contributed by atoms with E-state index in [1.807, 2.05) is 6.07 Å². The maximum absolute atomic E-state index is 12.8. The Bertz CT molecular complexity index is 1200. The van der Waals surface area contributed by atoms with Gasteiger partial charge >= 0.3 is 0 Å². The molecule has 0 aliphatic carbocycles. The van der Waals surface area contributed by atoms with E-state index in [0.717, 1.165) is 4.47 Å². The SMILES string of the molecule is O=C(Nc1cccc(Br)c1)c1cccc(S(=O)(=O)Nc2ccc3c(c2)OCO3)c1. The fourth-order valence-corrected chi connectivity index (χ4v) is 4.24. The summed E-state index contributed by atoms with van der Waals surface area (Å²) in [5.41, 5.74) is 1.15. The number of hydrogen-bond donors (Lipinski definition) is 2. The first-order valence-electron chi connectivity index (χ1n) is 8.50. The van der Waals surface area contributed by atoms with Crippen LogP contribution in [0.5, 0.6) is 11.5 Å². The molecule has 0 radical (unpaired) electrons. The number of benzene rings is 3. The molecule has 1 aliphatic heterocycles. The van der Waals surface area contributed by atoms with Crippen molar-refractivity contribution in [2.45, 2.75) is 4.90 Å². The second-order valence-electron chi connectivity index (χ2n) is 6.17. The third-order valence-electron chi connectivity index (χ3n) is 4.11. The Morgan fingerprint density at radius 3 is 2.52 bits per heavy atom. The molecule has 0 unspecified atom stereocenters. The molecule has 29 heavy (non-hydrogen) atoms. The van der Waals surface area contributed by atoms with Crippen molar-refractivity contribution >= 4 is 43.2 Å². The van der Waals surface area contributed by atoms with E-state index in [1.54, 1.807) is 42.5 Å². The summed E-state index contributed by atoms with van der Waals surface area (Å²) in [6.45, 7) is 0.0979. The van der Waals surface area contributed by atoms with Crippen molar-refractivity contribution in [2.24, 2.45) is 0 Å². The van der Waals surface area contributed by atoms with E-state index in [-0.39, 0.29) is 17.3 Å². The van der Waals surface area contributed by atoms with Gasteiger partial charge in [-0.25, -0.2) is 8.42 Å². The van der Waals surface area contributed by atoms with Crippen LogP contribution in [0.25, 0.3) is 0 Å². The van der Waals surface area contributed by atoms with Crippen LogP contribution in [0.4, 0.5) is 11.4 Å². The molecule has 3 aromatic carbocycles. The second kappa shape index (κ2) is 7.76. The second-order valence-corrected chi connectivity index (χ2v) is 8.76. The number of nitrogens with one attached hydrogen (secondary N) is 2. The zero-order valence-electron chi connectivity index (χ0n) is 14.9. The van der Waals surface area contributed by atoms with Gasteiger partial charge in [-0.15, -0.1) is 0 Å². The van der Waals surface area contributed by atoms with Gasteiger partial charge in [-0.2, -0.15) is 0 Å². The van der Waals surface area contributed by atoms with E-state index in [2.05, 4.69) is 26.0 Å². The van der Waals surface area contributed by atoms with Gasteiger partial charge < -0.3 is 14.8 Å². The summed E-state index contributed by atoms with van der Waals surface area (Å²) in [5, 5.41) is 2.74. The Hall–Kier alpha value is -3.04. The lowest BCUT2D eigenvalue weighted by atomic mass is 10.2. The maximum atomic E-state index is 12.8. The number of hydrogen-bond acceptors (Lipinski definition) is 5. The number of ether oxygens (including phenoxy) is 2. The van der Waals surface area contributed by atoms with Gasteiger partial charge in [0.1, 0.15) is 0 Å². The van der Waals surface area contributed by atoms with Crippen molar-refractivity contribution in [1.82, 2.24) is 0 Å². The molecule has 0 bridgehead atoms. The lowest BCUT2D eigenvalue weighted by Gasteiger charge is -2.10. The first-order valence-corrected chi connectivity index (χ1v) is 10.8. The lowest BCUT2D eigenvalue weighted by Crippen LogP contribution is -2.16. The van der Waals surface area contributed by atoms with Crippen molar-refractivity contribution in [3.63, 3.8) is 0 Å². The summed E-state index contributed by atoms with van der Waals surface area (Å²) in [4.78, 5) is 12.5. The van der Waals surface area contributed by atoms with Crippen LogP contribution >= 0.6 is 15.9 Å². The topological polar surface area (TPSA) is 93.7 Å². The molecule has 0 atom stereocenters. The van der Waals surface area contributed by atoms with Gasteiger partial charge in [0, 0.05) is 21.8 Å². The Balaban J connectivity index is 1.54. The minimum Gasteiger partial charge on any atom is -0.454 e. The Morgan fingerprint density at radius 1 is 0.897 bits per heavy atom. The number of carbonyl (C=O) groups is 1. The molecule has 2 N–H and O–H groups in total. The average molecular weight is 475 g/mol. The number of sulfonamides is 1. The summed E-state index contributed by atoms with van der Waals surface area (Å²) in [6.07, 6.45) is 0. The largest absolute Gasteiger partial charge is 0.454 e. The number of amides is 1. The van der Waals surface area contributed by atoms with E-state index in [1.165, 1.54) is 18.2 Å². The van der Waals surface area contributed by atoms with Crippen LogP contribution < -0.4 is 19.5 Å². The third kappa shape index (κ3) is 4.36. The highest BCUT2D eigenvalue weighted by Gasteiger charge is 2.19. The van der Waals surface area contributed by atoms with Gasteiger partial charge in [0.25, 0.3) is 15.9 Å². The molecule has 4 rings (SSSR count). The van der Waals surface area contributed by atoms with E-state index in [4.69, 9.17) is 9.47 Å². The summed E-state index contributed by atoms with van der Waals surface area (Å²) >= 11 is 3.34. The summed E-state index contributed by atoms with van der Waals surface area (Å²) in [7, 11) is -3.90. The summed E-state index contributed by atoms with van der Waals surface area (Å²) in [5.74, 6) is 0.606. The molecule has 0 aromatic heterocycles. The van der Waals surface area contributed by atoms with E-state index >= 15 is 0 Å². The molecule has 0 saturated carbocycles. The van der Waals surface area contributed by atoms with Gasteiger partial charge in [0.2, 0.25) is 6.79 Å². The van der Waals surface area contributed by atoms with Crippen LogP contribution in [0.15, 0.2) is 76.1 Å². The van der Waals surface area contributed by atoms with Crippen LogP contribution in [0.1, 0.15) is 10.4 Å². The minimum absolute atomic E-state index is 0.0305. The molecule has 3 aromatic rings. The van der Waals surface area contributed by atoms with Crippen molar-refractivity contribution in [3.8, 4) is 11.5 Å². The predicted molar refractivity (Wildman–Crippen MR) is 112 cm³/mol. The van der Waals surface area contributed by atoms with E-state index < -0.39 is 15.9 Å². The van der Waals surface area contributed by atoms with Crippen molar-refractivity contribution in [3.05, 3.63) is 76.8 Å². The predicted octanol–water partition coefficient (Wildman–Crippen LogP) is 4.23. The molecule has 1 heterocycles. The highest BCUT2D eigenvalue weighted by atomic mass is 79.9. The molecule has 7 nitrogen and oxygen atoms in total. The zero-order valence-corrected chi connectivity index (χ0v) is 17.3. The fourth-order valence-electron chi connectivity index (χ4n) is 2.75. The summed E-state index contributed by atoms with van der Waals surface area (Å²) < 4.78 is 39.3. The number of rotatable bonds is 5. The van der Waals surface area contributed by atoms with Gasteiger partial charge in [-0.1, -0.05) is 28.1 Å². The molecule has 0 saturated heterocycles. The molecular weight excluding hydrogens is 460 g/mol. The number of carbonyl (C=O) groups excluding carboxylic acids is 1. The lowest BCUT2D eigenvalue weighted by molar-refractivity contribution is 0.102. The monoisotopic (exact) mass is 474 g/mol. The standard InChI is InChI=1S/C20H15BrN2O5S/c21-14-4-2-5-15(10-14)22-20(24)13-3-1-6-17(9-13)29(25,26)23-16-7-8-18-19(11-16)28-12-27-18/h1-11,23H,12H2,(H,22,24). The molecule has 0 spiro atoms. The van der Waals surface area contributed by atoms with Crippen LogP contribution in [0.3, 0.4) is 0 Å². The molecule has 9 heteroatoms. The van der Waals surface area contributed by atoms with E-state index in [0.29, 0.717) is 22.9 Å². The van der Waals surface area contributed by atoms with Gasteiger partial charge in [-0.05, 0) is 48.5 Å². The van der Waals surface area contributed by atoms with Gasteiger partial charge in [0.15, 0.2) is 11.5 Å².